The van der Waals surface area contributed by atoms with Crippen LogP contribution in [-0.4, -0.2) is 30.4 Å². The van der Waals surface area contributed by atoms with Gasteiger partial charge in [-0.1, -0.05) is 24.3 Å². The predicted octanol–water partition coefficient (Wildman–Crippen LogP) is 1.35. The van der Waals surface area contributed by atoms with Gasteiger partial charge in [0.1, 0.15) is 0 Å². The Morgan fingerprint density at radius 2 is 2.11 bits per heavy atom. The first-order valence-electron chi connectivity index (χ1n) is 5.52. The molecule has 1 atom stereocenters. The molecule has 0 aliphatic carbocycles. The fourth-order valence-corrected chi connectivity index (χ4v) is 3.21. The highest BCUT2D eigenvalue weighted by Crippen LogP contribution is 2.21. The van der Waals surface area contributed by atoms with Crippen LogP contribution in [-0.2, 0) is 9.84 Å². The summed E-state index contributed by atoms with van der Waals surface area (Å²) in [7, 11) is -3.06. The maximum absolute atomic E-state index is 11.3. The Balaban J connectivity index is 1.94. The van der Waals surface area contributed by atoms with Gasteiger partial charge in [-0.05, 0) is 6.08 Å². The number of fused-ring (bicyclic) bond motifs is 1. The molecule has 0 saturated heterocycles. The number of hydrogen-bond donors (Lipinski definition) is 1. The van der Waals surface area contributed by atoms with Gasteiger partial charge >= 0.3 is 0 Å². The van der Waals surface area contributed by atoms with Crippen molar-refractivity contribution in [2.24, 2.45) is 0 Å². The van der Waals surface area contributed by atoms with Crippen molar-refractivity contribution < 1.29 is 8.42 Å². The van der Waals surface area contributed by atoms with Gasteiger partial charge in [0.15, 0.2) is 15.7 Å². The fraction of sp³-hybridized carbons (Fsp3) is 0.167. The molecule has 92 valence electrons. The highest BCUT2D eigenvalue weighted by atomic mass is 32.2. The number of aromatic nitrogens is 2. The topological polar surface area (TPSA) is 72.0 Å². The quantitative estimate of drug-likeness (QED) is 0.883. The van der Waals surface area contributed by atoms with Gasteiger partial charge in [-0.15, -0.1) is 5.10 Å². The molecule has 3 rings (SSSR count). The first-order valence-corrected chi connectivity index (χ1v) is 7.23. The van der Waals surface area contributed by atoms with E-state index >= 15 is 0 Å². The minimum absolute atomic E-state index is 0.0674. The molecule has 0 radical (unpaired) electrons. The average Bonchev–Trinajstić information content (AvgIpc) is 2.69. The summed E-state index contributed by atoms with van der Waals surface area (Å²) in [4.78, 5) is 0. The number of benzene rings is 1. The lowest BCUT2D eigenvalue weighted by atomic mass is 10.2. The Kier molecular flexibility index (Phi) is 2.52. The third-order valence-corrected chi connectivity index (χ3v) is 4.22. The molecule has 2 aromatic rings. The average molecular weight is 261 g/mol. The van der Waals surface area contributed by atoms with Crippen molar-refractivity contribution in [1.82, 2.24) is 10.2 Å². The molecule has 0 bridgehead atoms. The van der Waals surface area contributed by atoms with Crippen LogP contribution in [0.1, 0.15) is 0 Å². The molecule has 1 aromatic heterocycles. The summed E-state index contributed by atoms with van der Waals surface area (Å²) in [6, 6.07) is 7.47. The first kappa shape index (κ1) is 11.2. The monoisotopic (exact) mass is 261 g/mol. The fourth-order valence-electron chi connectivity index (χ4n) is 1.98. The van der Waals surface area contributed by atoms with Crippen LogP contribution >= 0.6 is 0 Å². The first-order chi connectivity index (χ1) is 8.64. The summed E-state index contributed by atoms with van der Waals surface area (Å²) in [5, 5.41) is 14.2. The van der Waals surface area contributed by atoms with Crippen LogP contribution in [0.3, 0.4) is 0 Å². The van der Waals surface area contributed by atoms with Gasteiger partial charge in [-0.25, -0.2) is 8.42 Å². The Hall–Kier alpha value is -1.95. The van der Waals surface area contributed by atoms with Gasteiger partial charge in [-0.3, -0.25) is 0 Å². The smallest absolute Gasteiger partial charge is 0.173 e. The van der Waals surface area contributed by atoms with Gasteiger partial charge in [0.25, 0.3) is 0 Å². The number of rotatable bonds is 2. The minimum atomic E-state index is -3.06. The lowest BCUT2D eigenvalue weighted by Gasteiger charge is -2.11. The molecular weight excluding hydrogens is 250 g/mol. The molecule has 2 heterocycles. The van der Waals surface area contributed by atoms with Crippen LogP contribution in [0.25, 0.3) is 10.8 Å². The molecule has 6 heteroatoms. The minimum Gasteiger partial charge on any atom is -0.361 e. The van der Waals surface area contributed by atoms with Crippen molar-refractivity contribution in [3.05, 3.63) is 41.9 Å². The van der Waals surface area contributed by atoms with E-state index < -0.39 is 9.84 Å². The van der Waals surface area contributed by atoms with Gasteiger partial charge in [0.2, 0.25) is 0 Å². The number of nitrogens with zero attached hydrogens (tertiary/aromatic N) is 2. The summed E-state index contributed by atoms with van der Waals surface area (Å²) in [6.45, 7) is 0. The molecule has 18 heavy (non-hydrogen) atoms. The lowest BCUT2D eigenvalue weighted by molar-refractivity contribution is 0.605. The van der Waals surface area contributed by atoms with E-state index in [9.17, 15) is 8.42 Å². The molecule has 0 amide bonds. The van der Waals surface area contributed by atoms with Crippen molar-refractivity contribution >= 4 is 26.4 Å². The van der Waals surface area contributed by atoms with Crippen molar-refractivity contribution in [3.63, 3.8) is 0 Å². The Bertz CT molecular complexity index is 720. The number of nitrogens with one attached hydrogen (secondary N) is 1. The van der Waals surface area contributed by atoms with E-state index in [0.717, 1.165) is 10.8 Å². The van der Waals surface area contributed by atoms with Crippen LogP contribution in [0.15, 0.2) is 41.9 Å². The Labute approximate surface area is 104 Å². The largest absolute Gasteiger partial charge is 0.361 e. The molecule has 1 unspecified atom stereocenters. The Morgan fingerprint density at radius 3 is 2.89 bits per heavy atom. The third-order valence-electron chi connectivity index (χ3n) is 2.82. The van der Waals surface area contributed by atoms with Gasteiger partial charge in [-0.2, -0.15) is 5.10 Å². The van der Waals surface area contributed by atoms with E-state index in [1.165, 1.54) is 5.41 Å². The molecule has 1 aliphatic heterocycles. The second-order valence-corrected chi connectivity index (χ2v) is 6.12. The molecule has 5 nitrogen and oxygen atoms in total. The molecule has 1 N–H and O–H groups in total. The summed E-state index contributed by atoms with van der Waals surface area (Å²) in [6.07, 6.45) is 3.32. The maximum Gasteiger partial charge on any atom is 0.173 e. The van der Waals surface area contributed by atoms with Crippen LogP contribution < -0.4 is 5.32 Å². The normalized spacial score (nSPS) is 21.2. The molecule has 1 aliphatic rings. The molecule has 0 spiro atoms. The summed E-state index contributed by atoms with van der Waals surface area (Å²) < 4.78 is 22.7. The van der Waals surface area contributed by atoms with Crippen molar-refractivity contribution in [1.29, 1.82) is 0 Å². The van der Waals surface area contributed by atoms with Crippen molar-refractivity contribution in [3.8, 4) is 0 Å². The standard InChI is InChI=1S/C12H11N3O2S/c16-18(17)6-5-10(8-18)14-12-11-4-2-1-3-9(11)7-13-15-12/h1-7,10H,8H2,(H,14,15). The summed E-state index contributed by atoms with van der Waals surface area (Å²) >= 11 is 0. The van der Waals surface area contributed by atoms with E-state index in [2.05, 4.69) is 15.5 Å². The predicted molar refractivity (Wildman–Crippen MR) is 69.9 cm³/mol. The number of anilines is 1. The van der Waals surface area contributed by atoms with Crippen molar-refractivity contribution in [2.75, 3.05) is 11.1 Å². The maximum atomic E-state index is 11.3. The zero-order valence-electron chi connectivity index (χ0n) is 9.45. The van der Waals surface area contributed by atoms with Crippen LogP contribution in [0, 0.1) is 0 Å². The zero-order valence-corrected chi connectivity index (χ0v) is 10.3. The van der Waals surface area contributed by atoms with Gasteiger partial charge in [0.05, 0.1) is 18.0 Å². The van der Waals surface area contributed by atoms with Gasteiger partial charge < -0.3 is 5.32 Å². The van der Waals surface area contributed by atoms with Crippen LogP contribution in [0.4, 0.5) is 5.82 Å². The second-order valence-electron chi connectivity index (χ2n) is 4.19. The van der Waals surface area contributed by atoms with Gasteiger partial charge in [0, 0.05) is 16.2 Å². The third kappa shape index (κ3) is 2.06. The molecular formula is C12H11N3O2S. The Morgan fingerprint density at radius 1 is 1.28 bits per heavy atom. The van der Waals surface area contributed by atoms with Crippen LogP contribution in [0.5, 0.6) is 0 Å². The SMILES string of the molecule is O=S1(=O)C=CC(Nc2nncc3ccccc23)C1. The molecule has 0 fully saturated rings. The zero-order chi connectivity index (χ0) is 12.6. The van der Waals surface area contributed by atoms with Crippen molar-refractivity contribution in [2.45, 2.75) is 6.04 Å². The molecule has 0 saturated carbocycles. The summed E-state index contributed by atoms with van der Waals surface area (Å²) in [5.41, 5.74) is 0. The summed E-state index contributed by atoms with van der Waals surface area (Å²) in [5.74, 6) is 0.678. The highest BCUT2D eigenvalue weighted by molar-refractivity contribution is 7.94. The second kappa shape index (κ2) is 4.06. The number of hydrogen-bond acceptors (Lipinski definition) is 5. The lowest BCUT2D eigenvalue weighted by Crippen LogP contribution is -2.21. The number of sulfone groups is 1. The van der Waals surface area contributed by atoms with E-state index in [1.807, 2.05) is 24.3 Å². The molecule has 1 aromatic carbocycles. The highest BCUT2D eigenvalue weighted by Gasteiger charge is 2.22. The van der Waals surface area contributed by atoms with E-state index in [1.54, 1.807) is 12.3 Å². The van der Waals surface area contributed by atoms with E-state index in [-0.39, 0.29) is 11.8 Å². The van der Waals surface area contributed by atoms with Crippen LogP contribution in [0.2, 0.25) is 0 Å². The van der Waals surface area contributed by atoms with E-state index in [4.69, 9.17) is 0 Å². The van der Waals surface area contributed by atoms with E-state index in [0.29, 0.717) is 5.82 Å².